The minimum absolute atomic E-state index is 0.396. The van der Waals surface area contributed by atoms with Crippen molar-refractivity contribution in [2.24, 2.45) is 0 Å². The Morgan fingerprint density at radius 2 is 2.15 bits per heavy atom. The van der Waals surface area contributed by atoms with Crippen molar-refractivity contribution >= 4 is 38.9 Å². The Hall–Kier alpha value is -0.390. The monoisotopic (exact) mass is 372 g/mol. The summed E-state index contributed by atoms with van der Waals surface area (Å²) in [4.78, 5) is 3.62. The molecule has 0 aliphatic carbocycles. The van der Waals surface area contributed by atoms with Crippen LogP contribution in [0.5, 0.6) is 0 Å². The first-order valence-electron chi connectivity index (χ1n) is 6.42. The van der Waals surface area contributed by atoms with Crippen LogP contribution in [-0.2, 0) is 6.54 Å². The van der Waals surface area contributed by atoms with Crippen molar-refractivity contribution in [2.75, 3.05) is 20.6 Å². The van der Waals surface area contributed by atoms with Gasteiger partial charge in [0.25, 0.3) is 0 Å². The third-order valence-electron chi connectivity index (χ3n) is 3.16. The van der Waals surface area contributed by atoms with Crippen LogP contribution in [0.2, 0.25) is 5.02 Å². The summed E-state index contributed by atoms with van der Waals surface area (Å²) in [6, 6.07) is 10.6. The number of likely N-dealkylation sites (N-methyl/N-ethyl adjacent to an activating group) is 1. The van der Waals surface area contributed by atoms with Crippen LogP contribution < -0.4 is 5.32 Å². The van der Waals surface area contributed by atoms with Gasteiger partial charge in [-0.05, 0) is 49.3 Å². The maximum absolute atomic E-state index is 6.03. The number of hydrogen-bond acceptors (Lipinski definition) is 3. The lowest BCUT2D eigenvalue weighted by atomic mass is 10.2. The van der Waals surface area contributed by atoms with Gasteiger partial charge in [-0.3, -0.25) is 0 Å². The number of nitrogens with one attached hydrogen (secondary N) is 1. The van der Waals surface area contributed by atoms with E-state index in [1.807, 2.05) is 18.2 Å². The molecule has 0 saturated heterocycles. The van der Waals surface area contributed by atoms with Gasteiger partial charge in [0.2, 0.25) is 0 Å². The molecule has 0 bridgehead atoms. The molecule has 0 fully saturated rings. The van der Waals surface area contributed by atoms with Gasteiger partial charge in [-0.25, -0.2) is 0 Å². The minimum Gasteiger partial charge on any atom is -0.311 e. The van der Waals surface area contributed by atoms with Crippen molar-refractivity contribution in [2.45, 2.75) is 12.6 Å². The Morgan fingerprint density at radius 1 is 1.35 bits per heavy atom. The summed E-state index contributed by atoms with van der Waals surface area (Å²) in [6.45, 7) is 1.71. The number of benzene rings is 1. The van der Waals surface area contributed by atoms with E-state index >= 15 is 0 Å². The van der Waals surface area contributed by atoms with Crippen molar-refractivity contribution in [1.82, 2.24) is 10.2 Å². The van der Waals surface area contributed by atoms with E-state index in [1.165, 1.54) is 10.4 Å². The van der Waals surface area contributed by atoms with E-state index in [9.17, 15) is 0 Å². The molecule has 108 valence electrons. The molecule has 20 heavy (non-hydrogen) atoms. The van der Waals surface area contributed by atoms with Crippen LogP contribution in [0.15, 0.2) is 40.2 Å². The first-order chi connectivity index (χ1) is 9.58. The lowest BCUT2D eigenvalue weighted by molar-refractivity contribution is 0.292. The quantitative estimate of drug-likeness (QED) is 0.798. The number of rotatable bonds is 6. The Bertz CT molecular complexity index is 543. The van der Waals surface area contributed by atoms with E-state index in [4.69, 9.17) is 11.6 Å². The summed E-state index contributed by atoms with van der Waals surface area (Å²) in [7, 11) is 4.22. The highest BCUT2D eigenvalue weighted by Crippen LogP contribution is 2.24. The lowest BCUT2D eigenvalue weighted by Gasteiger charge is -2.23. The topological polar surface area (TPSA) is 15.3 Å². The predicted molar refractivity (Wildman–Crippen MR) is 91.6 cm³/mol. The molecule has 1 N–H and O–H groups in total. The van der Waals surface area contributed by atoms with E-state index in [-0.39, 0.29) is 0 Å². The molecule has 1 heterocycles. The zero-order chi connectivity index (χ0) is 14.5. The lowest BCUT2D eigenvalue weighted by Crippen LogP contribution is -2.30. The maximum Gasteiger partial charge on any atom is 0.0561 e. The highest BCUT2D eigenvalue weighted by Gasteiger charge is 2.14. The van der Waals surface area contributed by atoms with Gasteiger partial charge in [-0.2, -0.15) is 0 Å². The molecule has 1 aromatic heterocycles. The van der Waals surface area contributed by atoms with E-state index in [1.54, 1.807) is 11.3 Å². The third kappa shape index (κ3) is 4.30. The van der Waals surface area contributed by atoms with Gasteiger partial charge >= 0.3 is 0 Å². The number of halogens is 2. The number of hydrogen-bond donors (Lipinski definition) is 1. The fourth-order valence-corrected chi connectivity index (χ4v) is 3.55. The highest BCUT2D eigenvalue weighted by molar-refractivity contribution is 9.10. The molecule has 2 rings (SSSR count). The standard InChI is InChI=1S/C15H18BrClN2S/c1-19(2)14(15-4-3-7-20-15)10-18-9-11-8-12(17)5-6-13(11)16/h3-8,14,18H,9-10H2,1-2H3. The Morgan fingerprint density at radius 3 is 2.80 bits per heavy atom. The SMILES string of the molecule is CN(C)C(CNCc1cc(Cl)ccc1Br)c1cccs1. The van der Waals surface area contributed by atoms with Gasteiger partial charge in [0.1, 0.15) is 0 Å². The second kappa shape index (κ2) is 7.57. The fraction of sp³-hybridized carbons (Fsp3) is 0.333. The summed E-state index contributed by atoms with van der Waals surface area (Å²) >= 11 is 11.4. The Kier molecular flexibility index (Phi) is 6.05. The first-order valence-corrected chi connectivity index (χ1v) is 8.47. The highest BCUT2D eigenvalue weighted by atomic mass is 79.9. The minimum atomic E-state index is 0.396. The van der Waals surface area contributed by atoms with E-state index < -0.39 is 0 Å². The van der Waals surface area contributed by atoms with Crippen LogP contribution in [-0.4, -0.2) is 25.5 Å². The molecule has 2 aromatic rings. The van der Waals surface area contributed by atoms with E-state index in [0.717, 1.165) is 22.6 Å². The van der Waals surface area contributed by atoms with Gasteiger partial charge in [0.05, 0.1) is 6.04 Å². The molecule has 0 aliphatic rings. The van der Waals surface area contributed by atoms with Gasteiger partial charge in [-0.1, -0.05) is 33.6 Å². The summed E-state index contributed by atoms with van der Waals surface area (Å²) in [5.74, 6) is 0. The Labute approximate surface area is 137 Å². The molecule has 2 nitrogen and oxygen atoms in total. The largest absolute Gasteiger partial charge is 0.311 e. The molecular weight excluding hydrogens is 356 g/mol. The van der Waals surface area contributed by atoms with E-state index in [2.05, 4.69) is 57.8 Å². The summed E-state index contributed by atoms with van der Waals surface area (Å²) in [6.07, 6.45) is 0. The molecule has 0 spiro atoms. The van der Waals surface area contributed by atoms with Crippen LogP contribution in [0.3, 0.4) is 0 Å². The Balaban J connectivity index is 1.95. The zero-order valence-corrected chi connectivity index (χ0v) is 14.7. The summed E-state index contributed by atoms with van der Waals surface area (Å²) in [5.41, 5.74) is 1.18. The molecule has 5 heteroatoms. The maximum atomic E-state index is 6.03. The van der Waals surface area contributed by atoms with Gasteiger partial charge < -0.3 is 10.2 Å². The third-order valence-corrected chi connectivity index (χ3v) is 5.14. The van der Waals surface area contributed by atoms with Gasteiger partial charge in [-0.15, -0.1) is 11.3 Å². The fourth-order valence-electron chi connectivity index (χ4n) is 2.04. The van der Waals surface area contributed by atoms with Gasteiger partial charge in [0, 0.05) is 27.5 Å². The van der Waals surface area contributed by atoms with Crippen molar-refractivity contribution in [3.63, 3.8) is 0 Å². The first kappa shape index (κ1) is 16.0. The number of nitrogens with zero attached hydrogens (tertiary/aromatic N) is 1. The average molecular weight is 374 g/mol. The second-order valence-corrected chi connectivity index (χ2v) is 7.13. The average Bonchev–Trinajstić information content (AvgIpc) is 2.91. The van der Waals surface area contributed by atoms with Crippen LogP contribution in [0.4, 0.5) is 0 Å². The van der Waals surface area contributed by atoms with Gasteiger partial charge in [0.15, 0.2) is 0 Å². The summed E-state index contributed by atoms with van der Waals surface area (Å²) in [5, 5.41) is 6.41. The van der Waals surface area contributed by atoms with Crippen molar-refractivity contribution in [1.29, 1.82) is 0 Å². The smallest absolute Gasteiger partial charge is 0.0561 e. The van der Waals surface area contributed by atoms with E-state index in [0.29, 0.717) is 6.04 Å². The predicted octanol–water partition coefficient (Wildman–Crippen LogP) is 4.56. The molecule has 0 amide bonds. The molecule has 0 saturated carbocycles. The van der Waals surface area contributed by atoms with Crippen LogP contribution in [0.25, 0.3) is 0 Å². The van der Waals surface area contributed by atoms with Crippen molar-refractivity contribution < 1.29 is 0 Å². The molecule has 1 unspecified atom stereocenters. The number of thiophene rings is 1. The van der Waals surface area contributed by atoms with Crippen LogP contribution >= 0.6 is 38.9 Å². The summed E-state index contributed by atoms with van der Waals surface area (Å²) < 4.78 is 1.09. The molecule has 1 aromatic carbocycles. The molecule has 0 radical (unpaired) electrons. The molecule has 0 aliphatic heterocycles. The van der Waals surface area contributed by atoms with Crippen molar-refractivity contribution in [3.8, 4) is 0 Å². The van der Waals surface area contributed by atoms with Crippen molar-refractivity contribution in [3.05, 3.63) is 55.6 Å². The zero-order valence-electron chi connectivity index (χ0n) is 11.6. The molecular formula is C15H18BrClN2S. The molecule has 1 atom stereocenters. The normalized spacial score (nSPS) is 12.8. The van der Waals surface area contributed by atoms with Crippen LogP contribution in [0.1, 0.15) is 16.5 Å². The van der Waals surface area contributed by atoms with Crippen LogP contribution in [0, 0.1) is 0 Å². The second-order valence-electron chi connectivity index (χ2n) is 4.86.